The van der Waals surface area contributed by atoms with E-state index < -0.39 is 5.60 Å². The lowest BCUT2D eigenvalue weighted by molar-refractivity contribution is -0.203. The Morgan fingerprint density at radius 3 is 2.48 bits per heavy atom. The van der Waals surface area contributed by atoms with Gasteiger partial charge in [0.1, 0.15) is 0 Å². The second-order valence-electron chi connectivity index (χ2n) is 10.2. The van der Waals surface area contributed by atoms with Crippen molar-refractivity contribution in [3.05, 3.63) is 0 Å². The summed E-state index contributed by atoms with van der Waals surface area (Å²) in [4.78, 5) is 0. The van der Waals surface area contributed by atoms with E-state index in [0.717, 1.165) is 44.9 Å². The second kappa shape index (κ2) is 5.92. The van der Waals surface area contributed by atoms with Gasteiger partial charge in [0.05, 0.1) is 17.8 Å². The lowest BCUT2D eigenvalue weighted by Crippen LogP contribution is -2.61. The molecule has 0 saturated heterocycles. The highest BCUT2D eigenvalue weighted by Crippen LogP contribution is 2.68. The molecule has 0 radical (unpaired) electrons. The molecule has 4 heteroatoms. The van der Waals surface area contributed by atoms with Gasteiger partial charge in [-0.2, -0.15) is 0 Å². The van der Waals surface area contributed by atoms with Crippen LogP contribution in [0.2, 0.25) is 0 Å². The van der Waals surface area contributed by atoms with E-state index in [0.29, 0.717) is 36.5 Å². The third-order valence-electron chi connectivity index (χ3n) is 9.42. The fourth-order valence-electron chi connectivity index (χ4n) is 8.05. The standard InChI is InChI=1S/C21H36O4/c1-19-7-5-14(23)11-13(19)3-4-15-16-6-8-21(25,9-10-22)20(16,2)12-17(24)18(15)19/h13-18,22-25H,3-12H2,1-2H3/t13-,14-,15+,16+,17+,18-,19+,20+,21+/m1/s1. The van der Waals surface area contributed by atoms with Gasteiger partial charge < -0.3 is 20.4 Å². The molecule has 4 aliphatic rings. The van der Waals surface area contributed by atoms with Crippen LogP contribution < -0.4 is 0 Å². The molecule has 0 aromatic carbocycles. The SMILES string of the molecule is C[C@]12CC[C@@H](O)C[C@H]1CC[C@@H]1[C@@H]2[C@@H](O)C[C@@]2(C)[C@H]1CC[C@]2(O)CCO. The van der Waals surface area contributed by atoms with Gasteiger partial charge in [-0.25, -0.2) is 0 Å². The lowest BCUT2D eigenvalue weighted by atomic mass is 9.43. The number of aliphatic hydroxyl groups excluding tert-OH is 3. The van der Waals surface area contributed by atoms with Gasteiger partial charge in [-0.15, -0.1) is 0 Å². The molecule has 144 valence electrons. The zero-order chi connectivity index (χ0) is 18.0. The molecule has 9 atom stereocenters. The average Bonchev–Trinajstić information content (AvgIpc) is 2.79. The first kappa shape index (κ1) is 18.2. The Morgan fingerprint density at radius 2 is 1.76 bits per heavy atom. The molecular formula is C21H36O4. The summed E-state index contributed by atoms with van der Waals surface area (Å²) in [6.07, 6.45) is 7.34. The number of hydrogen-bond acceptors (Lipinski definition) is 4. The highest BCUT2D eigenvalue weighted by Gasteiger charge is 2.66. The first-order valence-electron chi connectivity index (χ1n) is 10.4. The van der Waals surface area contributed by atoms with Gasteiger partial charge in [0.15, 0.2) is 0 Å². The van der Waals surface area contributed by atoms with Crippen LogP contribution in [0.25, 0.3) is 0 Å². The van der Waals surface area contributed by atoms with Crippen LogP contribution in [0.5, 0.6) is 0 Å². The fraction of sp³-hybridized carbons (Fsp3) is 1.00. The third-order valence-corrected chi connectivity index (χ3v) is 9.42. The first-order chi connectivity index (χ1) is 11.7. The van der Waals surface area contributed by atoms with Crippen molar-refractivity contribution < 1.29 is 20.4 Å². The van der Waals surface area contributed by atoms with Crippen LogP contribution in [-0.2, 0) is 0 Å². The van der Waals surface area contributed by atoms with Crippen LogP contribution >= 0.6 is 0 Å². The van der Waals surface area contributed by atoms with Crippen LogP contribution in [0.1, 0.15) is 71.6 Å². The van der Waals surface area contributed by atoms with Crippen LogP contribution in [0.4, 0.5) is 0 Å². The lowest BCUT2D eigenvalue weighted by Gasteiger charge is -2.63. The quantitative estimate of drug-likeness (QED) is 0.615. The van der Waals surface area contributed by atoms with Gasteiger partial charge >= 0.3 is 0 Å². The zero-order valence-electron chi connectivity index (χ0n) is 15.8. The summed E-state index contributed by atoms with van der Waals surface area (Å²) in [7, 11) is 0. The van der Waals surface area contributed by atoms with E-state index >= 15 is 0 Å². The normalized spacial score (nSPS) is 58.3. The molecule has 0 amide bonds. The smallest absolute Gasteiger partial charge is 0.0726 e. The Labute approximate surface area is 151 Å². The minimum atomic E-state index is -0.834. The van der Waals surface area contributed by atoms with Crippen LogP contribution in [-0.4, -0.2) is 44.8 Å². The van der Waals surface area contributed by atoms with Gasteiger partial charge in [0, 0.05) is 12.0 Å². The monoisotopic (exact) mass is 352 g/mol. The van der Waals surface area contributed by atoms with Gasteiger partial charge in [-0.1, -0.05) is 13.8 Å². The van der Waals surface area contributed by atoms with Crippen molar-refractivity contribution in [1.82, 2.24) is 0 Å². The van der Waals surface area contributed by atoms with Crippen molar-refractivity contribution >= 4 is 0 Å². The Balaban J connectivity index is 1.66. The summed E-state index contributed by atoms with van der Waals surface area (Å²) < 4.78 is 0. The molecule has 0 aromatic heterocycles. The minimum absolute atomic E-state index is 0.0146. The largest absolute Gasteiger partial charge is 0.396 e. The highest BCUT2D eigenvalue weighted by atomic mass is 16.3. The Morgan fingerprint density at radius 1 is 1.00 bits per heavy atom. The van der Waals surface area contributed by atoms with Gasteiger partial charge in [0.25, 0.3) is 0 Å². The van der Waals surface area contributed by atoms with E-state index in [-0.39, 0.29) is 29.6 Å². The van der Waals surface area contributed by atoms with Gasteiger partial charge in [-0.05, 0) is 86.9 Å². The van der Waals surface area contributed by atoms with Crippen LogP contribution in [0.15, 0.2) is 0 Å². The molecule has 4 N–H and O–H groups in total. The number of aliphatic hydroxyl groups is 4. The molecule has 4 rings (SSSR count). The van der Waals surface area contributed by atoms with Crippen molar-refractivity contribution in [3.8, 4) is 0 Å². The summed E-state index contributed by atoms with van der Waals surface area (Å²) in [6, 6.07) is 0. The summed E-state index contributed by atoms with van der Waals surface area (Å²) >= 11 is 0. The van der Waals surface area contributed by atoms with Crippen LogP contribution in [0.3, 0.4) is 0 Å². The zero-order valence-corrected chi connectivity index (χ0v) is 15.8. The molecule has 25 heavy (non-hydrogen) atoms. The van der Waals surface area contributed by atoms with Crippen molar-refractivity contribution in [2.24, 2.45) is 34.5 Å². The average molecular weight is 353 g/mol. The molecule has 4 fully saturated rings. The highest BCUT2D eigenvalue weighted by molar-refractivity contribution is 5.16. The van der Waals surface area contributed by atoms with Gasteiger partial charge in [0.2, 0.25) is 0 Å². The first-order valence-corrected chi connectivity index (χ1v) is 10.4. The minimum Gasteiger partial charge on any atom is -0.396 e. The maximum Gasteiger partial charge on any atom is 0.0726 e. The fourth-order valence-corrected chi connectivity index (χ4v) is 8.05. The molecule has 4 saturated carbocycles. The van der Waals surface area contributed by atoms with E-state index in [9.17, 15) is 20.4 Å². The summed E-state index contributed by atoms with van der Waals surface area (Å²) in [5, 5.41) is 42.1. The van der Waals surface area contributed by atoms with Gasteiger partial charge in [-0.3, -0.25) is 0 Å². The Hall–Kier alpha value is -0.160. The number of hydrogen-bond donors (Lipinski definition) is 4. The molecule has 4 aliphatic carbocycles. The number of rotatable bonds is 2. The van der Waals surface area contributed by atoms with Crippen molar-refractivity contribution in [3.63, 3.8) is 0 Å². The van der Waals surface area contributed by atoms with E-state index in [1.165, 1.54) is 0 Å². The maximum atomic E-state index is 11.3. The molecule has 4 nitrogen and oxygen atoms in total. The predicted molar refractivity (Wildman–Crippen MR) is 95.8 cm³/mol. The maximum absolute atomic E-state index is 11.3. The molecular weight excluding hydrogens is 316 g/mol. The van der Waals surface area contributed by atoms with E-state index in [1.807, 2.05) is 0 Å². The van der Waals surface area contributed by atoms with E-state index in [2.05, 4.69) is 13.8 Å². The van der Waals surface area contributed by atoms with Crippen molar-refractivity contribution in [1.29, 1.82) is 0 Å². The molecule has 0 unspecified atom stereocenters. The Bertz CT molecular complexity index is 524. The van der Waals surface area contributed by atoms with E-state index in [4.69, 9.17) is 0 Å². The van der Waals surface area contributed by atoms with Crippen LogP contribution in [0, 0.1) is 34.5 Å². The van der Waals surface area contributed by atoms with Crippen molar-refractivity contribution in [2.45, 2.75) is 89.4 Å². The summed E-state index contributed by atoms with van der Waals surface area (Å²) in [5.41, 5.74) is -0.993. The molecule has 0 aromatic rings. The molecule has 0 spiro atoms. The predicted octanol–water partition coefficient (Wildman–Crippen LogP) is 2.47. The third kappa shape index (κ3) is 2.40. The molecule has 0 heterocycles. The second-order valence-corrected chi connectivity index (χ2v) is 10.2. The molecule has 0 bridgehead atoms. The van der Waals surface area contributed by atoms with E-state index in [1.54, 1.807) is 0 Å². The van der Waals surface area contributed by atoms with Crippen molar-refractivity contribution in [2.75, 3.05) is 6.61 Å². The Kier molecular flexibility index (Phi) is 4.31. The topological polar surface area (TPSA) is 80.9 Å². The molecule has 0 aliphatic heterocycles. The summed E-state index contributed by atoms with van der Waals surface area (Å²) in [6.45, 7) is 4.54. The number of fused-ring (bicyclic) bond motifs is 5. The summed E-state index contributed by atoms with van der Waals surface area (Å²) in [5.74, 6) is 1.74.